The second kappa shape index (κ2) is 31.0. The second-order valence-electron chi connectivity index (χ2n) is 21.1. The Morgan fingerprint density at radius 1 is 0.402 bits per heavy atom. The van der Waals surface area contributed by atoms with Gasteiger partial charge in [-0.25, -0.2) is 0 Å². The van der Waals surface area contributed by atoms with Crippen LogP contribution >= 0.6 is 0 Å². The zero-order chi connectivity index (χ0) is 64.4. The third-order valence-electron chi connectivity index (χ3n) is 12.3. The number of benzene rings is 6. The molecule has 24 nitrogen and oxygen atoms in total. The predicted octanol–water partition coefficient (Wildman–Crippen LogP) is 12.1. The van der Waals surface area contributed by atoms with Gasteiger partial charge >= 0.3 is 11.4 Å². The van der Waals surface area contributed by atoms with Gasteiger partial charge in [-0.1, -0.05) is 27.7 Å². The number of ether oxygens (including phenoxy) is 6. The Kier molecular flexibility index (Phi) is 24.1. The predicted molar refractivity (Wildman–Crippen MR) is 329 cm³/mol. The van der Waals surface area contributed by atoms with Crippen LogP contribution in [-0.2, 0) is 0 Å². The van der Waals surface area contributed by atoms with Crippen molar-refractivity contribution < 1.29 is 67.0 Å². The Morgan fingerprint density at radius 2 is 0.667 bits per heavy atom. The van der Waals surface area contributed by atoms with Gasteiger partial charge in [-0.3, -0.25) is 49.0 Å². The number of hydrogen-bond acceptors (Lipinski definition) is 16. The van der Waals surface area contributed by atoms with Crippen molar-refractivity contribution in [2.24, 2.45) is 17.4 Å². The average Bonchev–Trinajstić information content (AvgIpc) is 2.60. The molecule has 6 aromatic rings. The van der Waals surface area contributed by atoms with Gasteiger partial charge in [0.2, 0.25) is 11.8 Å². The highest BCUT2D eigenvalue weighted by Gasteiger charge is 2.25. The normalized spacial score (nSPS) is 11.5. The van der Waals surface area contributed by atoms with E-state index in [0.29, 0.717) is 36.5 Å². The number of nitro groups is 2. The summed E-state index contributed by atoms with van der Waals surface area (Å²) in [4.78, 5) is 98.1. The molecule has 0 aliphatic rings. The molecule has 6 rings (SSSR count). The van der Waals surface area contributed by atoms with Crippen LogP contribution in [0.3, 0.4) is 0 Å². The highest BCUT2D eigenvalue weighted by Crippen LogP contribution is 2.36. The van der Waals surface area contributed by atoms with Crippen molar-refractivity contribution in [3.63, 3.8) is 0 Å². The van der Waals surface area contributed by atoms with Gasteiger partial charge in [-0.2, -0.15) is 0 Å². The number of nitrogens with two attached hydrogens (primary N) is 2. The van der Waals surface area contributed by atoms with E-state index in [-0.39, 0.29) is 121 Å². The van der Waals surface area contributed by atoms with E-state index in [9.17, 15) is 49.0 Å². The van der Waals surface area contributed by atoms with Crippen LogP contribution in [0.5, 0.6) is 34.5 Å². The monoisotopic (exact) mass is 1200 g/mol. The highest BCUT2D eigenvalue weighted by molar-refractivity contribution is 6.10. The first-order valence-electron chi connectivity index (χ1n) is 28.0. The first-order chi connectivity index (χ1) is 41.1. The molecule has 0 heterocycles. The molecule has 0 fully saturated rings. The van der Waals surface area contributed by atoms with Gasteiger partial charge in [0.25, 0.3) is 23.6 Å². The maximum Gasteiger partial charge on any atom is 0.310 e. The number of carbonyl (C=O) groups is 6. The van der Waals surface area contributed by atoms with Crippen molar-refractivity contribution in [1.82, 2.24) is 0 Å². The van der Waals surface area contributed by atoms with Gasteiger partial charge in [0.05, 0.1) is 69.7 Å². The molecule has 0 saturated carbocycles. The number of primary amides is 2. The summed E-state index contributed by atoms with van der Waals surface area (Å²) in [5, 5.41) is 34.1. The molecule has 0 spiro atoms. The summed E-state index contributed by atoms with van der Waals surface area (Å²) in [5.41, 5.74) is 12.7. The van der Waals surface area contributed by atoms with E-state index in [0.717, 1.165) is 0 Å². The minimum atomic E-state index is -0.632. The molecule has 462 valence electrons. The second-order valence-corrected chi connectivity index (χ2v) is 21.1. The summed E-state index contributed by atoms with van der Waals surface area (Å²) in [6.07, 6.45) is -0.117. The third-order valence-corrected chi connectivity index (χ3v) is 12.3. The first-order valence-corrected chi connectivity index (χ1v) is 28.0. The van der Waals surface area contributed by atoms with E-state index in [1.807, 2.05) is 41.5 Å². The maximum absolute atomic E-state index is 13.3. The zero-order valence-electron chi connectivity index (χ0n) is 50.6. The maximum atomic E-state index is 13.3. The van der Waals surface area contributed by atoms with Crippen molar-refractivity contribution in [2.45, 2.75) is 126 Å². The smallest absolute Gasteiger partial charge is 0.310 e. The molecule has 0 aliphatic heterocycles. The van der Waals surface area contributed by atoms with Gasteiger partial charge in [0.1, 0.15) is 23.0 Å². The van der Waals surface area contributed by atoms with Gasteiger partial charge in [0.15, 0.2) is 11.5 Å². The Labute approximate surface area is 503 Å². The van der Waals surface area contributed by atoms with Crippen LogP contribution in [-0.4, -0.2) is 82.4 Å². The summed E-state index contributed by atoms with van der Waals surface area (Å²) in [5.74, 6) is -2.18. The fourth-order valence-corrected chi connectivity index (χ4v) is 7.70. The standard InChI is InChI=1S/C32H38N4O8.C31H36N4O8/c1-7-20(6)44-29-16-23(10-13-26(29)36(40)41)32(39)34-24-12-9-22(15-27(24)42-17-18(2)3)31(38)35-25-11-8-21(30(33)37)14-28(25)43-19(4)5;1-7-19(6)43-28-16-22(10-13-25(28)35(39)40)31(38)34-24-12-9-21(15-27(24)42-18(4)5)30(37)33-23-11-8-20(29(32)36)14-26(23)41-17(2)3/h8-16,18-20H,7,17H2,1-6H3,(H2,33,37)(H,34,39)(H,35,38);8-19H,7H2,1-6H3,(H2,32,36)(H,33,37)(H,34,38). The summed E-state index contributed by atoms with van der Waals surface area (Å²) in [6, 6.07) is 25.8. The van der Waals surface area contributed by atoms with E-state index < -0.39 is 45.3 Å². The SMILES string of the molecule is CCC(C)Oc1cc(C(=O)Nc2ccc(C(=O)Nc3ccc(C(N)=O)cc3OC(C)C)cc2OC(C)C)ccc1[N+](=O)[O-].CCC(C)Oc1cc(C(=O)Nc2ccc(C(=O)Nc3ccc(C(N)=O)cc3OC(C)C)cc2OCC(C)C)ccc1[N+](=O)[O-]. The summed E-state index contributed by atoms with van der Waals surface area (Å²) >= 11 is 0. The van der Waals surface area contributed by atoms with E-state index in [2.05, 4.69) is 21.3 Å². The first kappa shape index (κ1) is 67.5. The molecule has 2 atom stereocenters. The largest absolute Gasteiger partial charge is 0.491 e. The van der Waals surface area contributed by atoms with Crippen LogP contribution in [0, 0.1) is 26.1 Å². The van der Waals surface area contributed by atoms with Gasteiger partial charge in [0, 0.05) is 57.6 Å². The lowest BCUT2D eigenvalue weighted by Gasteiger charge is -2.18. The Balaban J connectivity index is 0.000000317. The molecule has 8 N–H and O–H groups in total. The van der Waals surface area contributed by atoms with E-state index in [1.54, 1.807) is 41.5 Å². The van der Waals surface area contributed by atoms with Gasteiger partial charge in [-0.05, 0) is 159 Å². The lowest BCUT2D eigenvalue weighted by atomic mass is 10.1. The number of amides is 6. The fraction of sp³-hybridized carbons (Fsp3) is 0.333. The molecule has 2 unspecified atom stereocenters. The quantitative estimate of drug-likeness (QED) is 0.0206. The molecule has 0 radical (unpaired) electrons. The Hall–Kier alpha value is -10.3. The number of nitrogens with one attached hydrogen (secondary N) is 4. The van der Waals surface area contributed by atoms with Crippen LogP contribution < -0.4 is 61.2 Å². The molecule has 24 heteroatoms. The number of nitro benzene ring substituents is 2. The van der Waals surface area contributed by atoms with Crippen molar-refractivity contribution in [3.05, 3.63) is 163 Å². The Morgan fingerprint density at radius 3 is 0.943 bits per heavy atom. The summed E-state index contributed by atoms with van der Waals surface area (Å²) < 4.78 is 34.8. The molecule has 6 amide bonds. The van der Waals surface area contributed by atoms with Crippen molar-refractivity contribution in [1.29, 1.82) is 0 Å². The van der Waals surface area contributed by atoms with Crippen LogP contribution in [0.2, 0.25) is 0 Å². The van der Waals surface area contributed by atoms with Crippen molar-refractivity contribution >= 4 is 69.6 Å². The lowest BCUT2D eigenvalue weighted by Crippen LogP contribution is -2.18. The minimum Gasteiger partial charge on any atom is -0.491 e. The average molecular weight is 1200 g/mol. The number of rotatable bonds is 27. The van der Waals surface area contributed by atoms with E-state index in [4.69, 9.17) is 39.9 Å². The van der Waals surface area contributed by atoms with Crippen molar-refractivity contribution in [3.8, 4) is 34.5 Å². The molecule has 87 heavy (non-hydrogen) atoms. The Bertz CT molecular complexity index is 3510. The molecule has 6 aromatic carbocycles. The number of nitrogens with zero attached hydrogens (tertiary/aromatic N) is 2. The fourth-order valence-electron chi connectivity index (χ4n) is 7.70. The molecule has 0 bridgehead atoms. The minimum absolute atomic E-state index is 0.00928. The van der Waals surface area contributed by atoms with E-state index in [1.165, 1.54) is 109 Å². The molecular weight excluding hydrogens is 1120 g/mol. The van der Waals surface area contributed by atoms with Gasteiger partial charge < -0.3 is 61.2 Å². The van der Waals surface area contributed by atoms with E-state index >= 15 is 0 Å². The third kappa shape index (κ3) is 19.7. The number of carbonyl (C=O) groups excluding carboxylic acids is 6. The molecule has 0 saturated heterocycles. The summed E-state index contributed by atoms with van der Waals surface area (Å²) in [7, 11) is 0. The van der Waals surface area contributed by atoms with Crippen molar-refractivity contribution in [2.75, 3.05) is 27.9 Å². The van der Waals surface area contributed by atoms with Gasteiger partial charge in [-0.15, -0.1) is 0 Å². The molecule has 0 aliphatic carbocycles. The van der Waals surface area contributed by atoms with Crippen LogP contribution in [0.25, 0.3) is 0 Å². The summed E-state index contributed by atoms with van der Waals surface area (Å²) in [6.45, 7) is 22.4. The highest BCUT2D eigenvalue weighted by atomic mass is 16.6. The van der Waals surface area contributed by atoms with Crippen LogP contribution in [0.15, 0.2) is 109 Å². The lowest BCUT2D eigenvalue weighted by molar-refractivity contribution is -0.386. The van der Waals surface area contributed by atoms with Crippen LogP contribution in [0.1, 0.15) is 158 Å². The molecular formula is C63H74N8O16. The number of anilines is 4. The van der Waals surface area contributed by atoms with Crippen LogP contribution in [0.4, 0.5) is 34.1 Å². The topological polar surface area (TPSA) is 344 Å². The zero-order valence-corrected chi connectivity index (χ0v) is 50.6. The number of hydrogen-bond donors (Lipinski definition) is 6. The molecule has 0 aromatic heterocycles.